The largest absolute Gasteiger partial charge is 1.00 e. The molecule has 126 valence electrons. The predicted octanol–water partition coefficient (Wildman–Crippen LogP) is -0.968. The fraction of sp³-hybridized carbons (Fsp3) is 0.368. The van der Waals surface area contributed by atoms with Gasteiger partial charge >= 0.3 is 145 Å². The molecular weight excluding hydrogens is 418 g/mol. The summed E-state index contributed by atoms with van der Waals surface area (Å²) >= 11 is -0.661. The van der Waals surface area contributed by atoms with Crippen molar-refractivity contribution in [3.8, 4) is 0 Å². The third kappa shape index (κ3) is 5.00. The van der Waals surface area contributed by atoms with Gasteiger partial charge in [0.25, 0.3) is 0 Å². The molecule has 1 aromatic heterocycles. The van der Waals surface area contributed by atoms with Gasteiger partial charge in [-0.25, -0.2) is 0 Å². The Balaban J connectivity index is 0.00000144. The van der Waals surface area contributed by atoms with Gasteiger partial charge in [0, 0.05) is 0 Å². The first-order valence-corrected chi connectivity index (χ1v) is 10.6. The molecule has 2 aliphatic carbocycles. The standard InChI is InChI=1S/C13H15N2.C6H7.2ClH.Zr/c1-2-3-5-11-6-4-7-13(11)12-8-14-10-15-9-12;1-6-4-2-3-5-6;;;/h6,8-10H,2-5H2,1H3;2,4H,3H2,1H3;2*1H;/q;;;;+2/p-2. The molecule has 0 bridgehead atoms. The summed E-state index contributed by atoms with van der Waals surface area (Å²) in [5.41, 5.74) is 5.77. The van der Waals surface area contributed by atoms with Gasteiger partial charge in [0.05, 0.1) is 0 Å². The van der Waals surface area contributed by atoms with Crippen LogP contribution in [0.25, 0.3) is 5.57 Å². The molecule has 0 atom stereocenters. The SMILES string of the molecule is CCCCC1=CC[C]([Zr+2][C]2=C(C)C=CC2)=C1c1cncnc1.[Cl-].[Cl-]. The number of hydrogen-bond acceptors (Lipinski definition) is 2. The molecule has 0 fully saturated rings. The van der Waals surface area contributed by atoms with Crippen molar-refractivity contribution >= 4 is 5.57 Å². The van der Waals surface area contributed by atoms with E-state index in [-0.39, 0.29) is 24.8 Å². The first-order chi connectivity index (χ1) is 10.8. The number of halogens is 2. The van der Waals surface area contributed by atoms with Gasteiger partial charge in [-0.05, 0) is 0 Å². The zero-order valence-corrected chi connectivity index (χ0v) is 18.1. The summed E-state index contributed by atoms with van der Waals surface area (Å²) in [5.74, 6) is 0. The van der Waals surface area contributed by atoms with Crippen LogP contribution in [0.4, 0.5) is 0 Å². The number of rotatable bonds is 6. The van der Waals surface area contributed by atoms with E-state index in [4.69, 9.17) is 0 Å². The van der Waals surface area contributed by atoms with Gasteiger partial charge in [-0.1, -0.05) is 0 Å². The molecule has 1 aromatic rings. The Bertz CT molecular complexity index is 676. The zero-order chi connectivity index (χ0) is 15.4. The first-order valence-electron chi connectivity index (χ1n) is 8.11. The molecule has 0 N–H and O–H groups in total. The van der Waals surface area contributed by atoms with E-state index < -0.39 is 23.2 Å². The maximum Gasteiger partial charge on any atom is -1.00 e. The summed E-state index contributed by atoms with van der Waals surface area (Å²) in [6, 6.07) is 0. The van der Waals surface area contributed by atoms with Gasteiger partial charge in [0.1, 0.15) is 0 Å². The molecule has 0 spiro atoms. The molecule has 0 aliphatic heterocycles. The van der Waals surface area contributed by atoms with Gasteiger partial charge in [0.15, 0.2) is 0 Å². The molecule has 24 heavy (non-hydrogen) atoms. The van der Waals surface area contributed by atoms with Crippen molar-refractivity contribution in [3.05, 3.63) is 60.2 Å². The summed E-state index contributed by atoms with van der Waals surface area (Å²) in [6.45, 7) is 4.53. The fourth-order valence-electron chi connectivity index (χ4n) is 3.07. The van der Waals surface area contributed by atoms with Crippen LogP contribution >= 0.6 is 0 Å². The van der Waals surface area contributed by atoms with Crippen LogP contribution in [-0.2, 0) is 23.2 Å². The molecule has 3 rings (SSSR count). The average Bonchev–Trinajstić information content (AvgIpc) is 3.13. The van der Waals surface area contributed by atoms with E-state index in [1.165, 1.54) is 48.0 Å². The van der Waals surface area contributed by atoms with Crippen LogP contribution in [0.2, 0.25) is 0 Å². The van der Waals surface area contributed by atoms with Crippen molar-refractivity contribution in [1.82, 2.24) is 9.97 Å². The van der Waals surface area contributed by atoms with Crippen molar-refractivity contribution in [1.29, 1.82) is 0 Å². The van der Waals surface area contributed by atoms with Crippen LogP contribution in [0, 0.1) is 0 Å². The maximum atomic E-state index is 4.25. The third-order valence-electron chi connectivity index (χ3n) is 4.29. The van der Waals surface area contributed by atoms with E-state index in [1.807, 2.05) is 12.4 Å². The second-order valence-electron chi connectivity index (χ2n) is 5.91. The first kappa shape index (κ1) is 21.5. The molecule has 0 saturated carbocycles. The normalized spacial score (nSPS) is 15.8. The minimum absolute atomic E-state index is 0. The van der Waals surface area contributed by atoms with Crippen LogP contribution in [0.1, 0.15) is 51.5 Å². The molecule has 0 unspecified atom stereocenters. The predicted molar refractivity (Wildman–Crippen MR) is 87.6 cm³/mol. The Morgan fingerprint density at radius 3 is 2.46 bits per heavy atom. The van der Waals surface area contributed by atoms with Crippen LogP contribution in [0.5, 0.6) is 0 Å². The molecule has 1 heterocycles. The fourth-order valence-corrected chi connectivity index (χ4v) is 6.75. The van der Waals surface area contributed by atoms with Crippen molar-refractivity contribution in [3.63, 3.8) is 0 Å². The second kappa shape index (κ2) is 10.5. The minimum atomic E-state index is -0.661. The van der Waals surface area contributed by atoms with E-state index in [0.29, 0.717) is 0 Å². The van der Waals surface area contributed by atoms with Crippen molar-refractivity contribution in [2.45, 2.75) is 46.0 Å². The van der Waals surface area contributed by atoms with Crippen LogP contribution < -0.4 is 24.8 Å². The third-order valence-corrected chi connectivity index (χ3v) is 8.36. The van der Waals surface area contributed by atoms with Crippen LogP contribution in [0.15, 0.2) is 54.7 Å². The Morgan fingerprint density at radius 1 is 1.08 bits per heavy atom. The Morgan fingerprint density at radius 2 is 1.83 bits per heavy atom. The van der Waals surface area contributed by atoms with Crippen LogP contribution in [0.3, 0.4) is 0 Å². The monoisotopic (exact) mass is 438 g/mol. The molecule has 2 nitrogen and oxygen atoms in total. The number of aromatic nitrogens is 2. The quantitative estimate of drug-likeness (QED) is 0.569. The smallest absolute Gasteiger partial charge is 1.00 e. The van der Waals surface area contributed by atoms with E-state index in [0.717, 1.165) is 6.42 Å². The number of nitrogens with zero attached hydrogens (tertiary/aromatic N) is 2. The molecule has 0 aromatic carbocycles. The Labute approximate surface area is 169 Å². The Kier molecular flexibility index (Phi) is 9.41. The summed E-state index contributed by atoms with van der Waals surface area (Å²) in [7, 11) is 0. The number of hydrogen-bond donors (Lipinski definition) is 0. The van der Waals surface area contributed by atoms with Gasteiger partial charge in [0.2, 0.25) is 0 Å². The van der Waals surface area contributed by atoms with Crippen LogP contribution in [-0.4, -0.2) is 9.97 Å². The summed E-state index contributed by atoms with van der Waals surface area (Å²) in [6.07, 6.45) is 18.7. The van der Waals surface area contributed by atoms with Gasteiger partial charge in [-0.3, -0.25) is 0 Å². The minimum Gasteiger partial charge on any atom is -1.00 e. The van der Waals surface area contributed by atoms with E-state index in [1.54, 1.807) is 12.9 Å². The second-order valence-corrected chi connectivity index (χ2v) is 9.49. The van der Waals surface area contributed by atoms with Crippen molar-refractivity contribution in [2.24, 2.45) is 0 Å². The molecule has 0 saturated heterocycles. The summed E-state index contributed by atoms with van der Waals surface area (Å²) in [4.78, 5) is 8.49. The average molecular weight is 441 g/mol. The van der Waals surface area contributed by atoms with Gasteiger partial charge < -0.3 is 24.8 Å². The molecule has 0 radical (unpaired) electrons. The summed E-state index contributed by atoms with van der Waals surface area (Å²) in [5, 5.41) is 0. The van der Waals surface area contributed by atoms with E-state index >= 15 is 0 Å². The maximum absolute atomic E-state index is 4.25. The number of allylic oxidation sites excluding steroid dienone is 8. The number of unbranched alkanes of at least 4 members (excludes halogenated alkanes) is 1. The zero-order valence-electron chi connectivity index (χ0n) is 14.1. The molecule has 0 amide bonds. The molecule has 2 aliphatic rings. The van der Waals surface area contributed by atoms with E-state index in [2.05, 4.69) is 42.0 Å². The molecule has 5 heteroatoms. The summed E-state index contributed by atoms with van der Waals surface area (Å²) < 4.78 is 3.45. The van der Waals surface area contributed by atoms with Gasteiger partial charge in [-0.15, -0.1) is 0 Å². The topological polar surface area (TPSA) is 25.8 Å². The van der Waals surface area contributed by atoms with E-state index in [9.17, 15) is 0 Å². The van der Waals surface area contributed by atoms with Crippen molar-refractivity contribution in [2.75, 3.05) is 0 Å². The van der Waals surface area contributed by atoms with Crippen molar-refractivity contribution < 1.29 is 48.0 Å². The Hall–Kier alpha value is -0.497. The van der Waals surface area contributed by atoms with Gasteiger partial charge in [-0.2, -0.15) is 0 Å². The molecular formula is C19H22Cl2N2Zr.